The van der Waals surface area contributed by atoms with Gasteiger partial charge in [-0.05, 0) is 50.8 Å². The molecule has 0 unspecified atom stereocenters. The number of carbonyl (C=O) groups is 3. The molecule has 4 rings (SSSR count). The molecule has 1 atom stereocenters. The van der Waals surface area contributed by atoms with Crippen LogP contribution in [0.25, 0.3) is 11.1 Å². The largest absolute Gasteiger partial charge is 0.347 e. The summed E-state index contributed by atoms with van der Waals surface area (Å²) in [5, 5.41) is 2.64. The Morgan fingerprint density at radius 3 is 2.54 bits per heavy atom. The van der Waals surface area contributed by atoms with E-state index in [0.29, 0.717) is 18.2 Å². The van der Waals surface area contributed by atoms with E-state index < -0.39 is 11.6 Å². The third kappa shape index (κ3) is 4.96. The molecule has 2 saturated heterocycles. The van der Waals surface area contributed by atoms with Gasteiger partial charge in [-0.25, -0.2) is 19.2 Å². The first-order valence-corrected chi connectivity index (χ1v) is 11.8. The average Bonchev–Trinajstić information content (AvgIpc) is 3.03. The normalized spacial score (nSPS) is 19.6. The van der Waals surface area contributed by atoms with Crippen molar-refractivity contribution < 1.29 is 18.8 Å². The molecular formula is C25H31FN6O3. The van der Waals surface area contributed by atoms with Crippen LogP contribution < -0.4 is 10.2 Å². The molecule has 186 valence electrons. The van der Waals surface area contributed by atoms with Crippen LogP contribution in [-0.2, 0) is 9.59 Å². The molecular weight excluding hydrogens is 451 g/mol. The second kappa shape index (κ2) is 9.59. The lowest BCUT2D eigenvalue weighted by Gasteiger charge is -2.37. The lowest BCUT2D eigenvalue weighted by molar-refractivity contribution is -0.136. The maximum absolute atomic E-state index is 13.6. The van der Waals surface area contributed by atoms with E-state index in [1.807, 2.05) is 14.1 Å². The molecule has 3 heterocycles. The van der Waals surface area contributed by atoms with Gasteiger partial charge in [-0.15, -0.1) is 0 Å². The fourth-order valence-electron chi connectivity index (χ4n) is 4.59. The first kappa shape index (κ1) is 24.6. The topological polar surface area (TPSA) is 98.7 Å². The van der Waals surface area contributed by atoms with Gasteiger partial charge in [0.25, 0.3) is 5.91 Å². The molecule has 0 aliphatic carbocycles. The highest BCUT2D eigenvalue weighted by Crippen LogP contribution is 2.37. The zero-order valence-electron chi connectivity index (χ0n) is 20.5. The Labute approximate surface area is 204 Å². The minimum Gasteiger partial charge on any atom is -0.347 e. The third-order valence-corrected chi connectivity index (χ3v) is 6.49. The van der Waals surface area contributed by atoms with Crippen molar-refractivity contribution in [1.82, 2.24) is 25.1 Å². The maximum Gasteiger partial charge on any atom is 0.325 e. The Morgan fingerprint density at radius 1 is 1.20 bits per heavy atom. The summed E-state index contributed by atoms with van der Waals surface area (Å²) in [6, 6.07) is 5.37. The van der Waals surface area contributed by atoms with Crippen molar-refractivity contribution in [3.05, 3.63) is 42.0 Å². The Hall–Kier alpha value is -3.56. The van der Waals surface area contributed by atoms with Crippen LogP contribution in [0.5, 0.6) is 0 Å². The molecule has 1 N–H and O–H groups in total. The molecule has 2 aliphatic rings. The zero-order chi connectivity index (χ0) is 25.3. The van der Waals surface area contributed by atoms with E-state index >= 15 is 0 Å². The molecule has 0 spiro atoms. The van der Waals surface area contributed by atoms with E-state index in [0.717, 1.165) is 35.3 Å². The van der Waals surface area contributed by atoms with Crippen molar-refractivity contribution in [3.8, 4) is 11.1 Å². The highest BCUT2D eigenvalue weighted by atomic mass is 19.1. The van der Waals surface area contributed by atoms with Crippen LogP contribution in [-0.4, -0.2) is 70.3 Å². The van der Waals surface area contributed by atoms with Crippen LogP contribution in [0.1, 0.15) is 51.3 Å². The average molecular weight is 483 g/mol. The van der Waals surface area contributed by atoms with Gasteiger partial charge < -0.3 is 15.1 Å². The molecule has 2 fully saturated rings. The number of aromatic nitrogens is 2. The van der Waals surface area contributed by atoms with E-state index in [4.69, 9.17) is 4.98 Å². The minimum atomic E-state index is -0.971. The van der Waals surface area contributed by atoms with Crippen LogP contribution in [0.4, 0.5) is 15.1 Å². The fraction of sp³-hybridized carbons (Fsp3) is 0.480. The number of imide groups is 1. The smallest absolute Gasteiger partial charge is 0.325 e. The third-order valence-electron chi connectivity index (χ3n) is 6.49. The van der Waals surface area contributed by atoms with Crippen molar-refractivity contribution in [2.45, 2.75) is 51.1 Å². The van der Waals surface area contributed by atoms with E-state index in [2.05, 4.69) is 10.3 Å². The molecule has 0 radical (unpaired) electrons. The predicted molar refractivity (Wildman–Crippen MR) is 129 cm³/mol. The van der Waals surface area contributed by atoms with E-state index in [1.165, 1.54) is 12.1 Å². The van der Waals surface area contributed by atoms with Crippen LogP contribution in [0.3, 0.4) is 0 Å². The molecule has 1 aromatic heterocycles. The summed E-state index contributed by atoms with van der Waals surface area (Å²) < 4.78 is 13.6. The number of piperidine rings is 1. The highest BCUT2D eigenvalue weighted by molar-refractivity contribution is 6.06. The van der Waals surface area contributed by atoms with Crippen molar-refractivity contribution >= 4 is 23.8 Å². The number of rotatable bonds is 6. The number of hydrogen-bond acceptors (Lipinski definition) is 6. The van der Waals surface area contributed by atoms with Crippen LogP contribution in [0, 0.1) is 5.82 Å². The molecule has 10 heteroatoms. The first-order valence-electron chi connectivity index (χ1n) is 11.8. The molecule has 2 aromatic rings. The summed E-state index contributed by atoms with van der Waals surface area (Å²) in [6.45, 7) is 3.86. The second-order valence-corrected chi connectivity index (χ2v) is 9.73. The van der Waals surface area contributed by atoms with E-state index in [9.17, 15) is 18.8 Å². The summed E-state index contributed by atoms with van der Waals surface area (Å²) in [5.74, 6) is -0.296. The Bertz CT molecular complexity index is 1130. The first-order chi connectivity index (χ1) is 16.6. The highest BCUT2D eigenvalue weighted by Gasteiger charge is 2.44. The summed E-state index contributed by atoms with van der Waals surface area (Å²) in [7, 11) is 3.69. The number of carbonyl (C=O) groups excluding carboxylic acids is 3. The summed E-state index contributed by atoms with van der Waals surface area (Å²) in [5.41, 5.74) is 1.25. The van der Waals surface area contributed by atoms with Gasteiger partial charge in [-0.3, -0.25) is 14.5 Å². The minimum absolute atomic E-state index is 0.0215. The summed E-state index contributed by atoms with van der Waals surface area (Å²) in [6.07, 6.45) is 4.26. The van der Waals surface area contributed by atoms with Crippen molar-refractivity contribution in [2.75, 3.05) is 32.1 Å². The Morgan fingerprint density at radius 2 is 1.91 bits per heavy atom. The monoisotopic (exact) mass is 482 g/mol. The van der Waals surface area contributed by atoms with Crippen LogP contribution in [0.2, 0.25) is 0 Å². The van der Waals surface area contributed by atoms with Crippen molar-refractivity contribution in [1.29, 1.82) is 0 Å². The maximum atomic E-state index is 13.6. The lowest BCUT2D eigenvalue weighted by Crippen LogP contribution is -2.42. The number of nitrogens with one attached hydrogen (secondary N) is 1. The molecule has 1 aromatic carbocycles. The number of benzene rings is 1. The van der Waals surface area contributed by atoms with E-state index in [1.54, 1.807) is 42.0 Å². The number of anilines is 1. The number of nitrogens with zero attached hydrogens (tertiary/aromatic N) is 5. The van der Waals surface area contributed by atoms with Gasteiger partial charge >= 0.3 is 6.03 Å². The van der Waals surface area contributed by atoms with Crippen LogP contribution >= 0.6 is 0 Å². The number of urea groups is 1. The number of halogens is 1. The molecule has 2 aliphatic heterocycles. The molecule has 4 amide bonds. The van der Waals surface area contributed by atoms with Gasteiger partial charge in [0.2, 0.25) is 11.9 Å². The van der Waals surface area contributed by atoms with E-state index in [-0.39, 0.29) is 36.6 Å². The summed E-state index contributed by atoms with van der Waals surface area (Å²) >= 11 is 0. The number of hydrogen-bond donors (Lipinski definition) is 1. The molecule has 35 heavy (non-hydrogen) atoms. The van der Waals surface area contributed by atoms with Gasteiger partial charge in [-0.2, -0.15) is 0 Å². The van der Waals surface area contributed by atoms with Crippen molar-refractivity contribution in [3.63, 3.8) is 0 Å². The second-order valence-electron chi connectivity index (χ2n) is 9.73. The predicted octanol–water partition coefficient (Wildman–Crippen LogP) is 3.12. The zero-order valence-corrected chi connectivity index (χ0v) is 20.5. The fourth-order valence-corrected chi connectivity index (χ4v) is 4.59. The van der Waals surface area contributed by atoms with Gasteiger partial charge in [0.05, 0.1) is 11.7 Å². The molecule has 0 bridgehead atoms. The van der Waals surface area contributed by atoms with Crippen molar-refractivity contribution in [2.24, 2.45) is 0 Å². The Kier molecular flexibility index (Phi) is 6.73. The molecule has 9 nitrogen and oxygen atoms in total. The van der Waals surface area contributed by atoms with Gasteiger partial charge in [-0.1, -0.05) is 12.1 Å². The standard InChI is InChI=1S/C25H31FN6O3/c1-25(2)22(34)32(24(35)29-25)14-12-20(33)31-13-6-5-7-19(31)21-18(15-27-23(28-21)30(3)4)16-8-10-17(26)11-9-16/h8-11,15,19H,5-7,12-14H2,1-4H3,(H,29,35)/t19-/m1/s1. The quantitative estimate of drug-likeness (QED) is 0.636. The number of likely N-dealkylation sites (tertiary alicyclic amines) is 1. The summed E-state index contributed by atoms with van der Waals surface area (Å²) in [4.78, 5) is 52.1. The number of amides is 4. The Balaban J connectivity index is 1.62. The molecule has 0 saturated carbocycles. The van der Waals surface area contributed by atoms with Gasteiger partial charge in [0.1, 0.15) is 11.4 Å². The van der Waals surface area contributed by atoms with Crippen LogP contribution in [0.15, 0.2) is 30.5 Å². The van der Waals surface area contributed by atoms with Gasteiger partial charge in [0.15, 0.2) is 0 Å². The SMILES string of the molecule is CN(C)c1ncc(-c2ccc(F)cc2)c([C@H]2CCCCN2C(=O)CCN2C(=O)NC(C)(C)C2=O)n1. The van der Waals surface area contributed by atoms with Gasteiger partial charge in [0, 0.05) is 45.4 Å². The lowest BCUT2D eigenvalue weighted by atomic mass is 9.93.